The summed E-state index contributed by atoms with van der Waals surface area (Å²) in [6, 6.07) is 12.5. The zero-order valence-corrected chi connectivity index (χ0v) is 23.6. The number of sulfonamides is 1. The number of anilines is 1. The van der Waals surface area contributed by atoms with Crippen LogP contribution in [-0.2, 0) is 26.2 Å². The first-order valence-corrected chi connectivity index (χ1v) is 14.4. The number of nitrogens with one attached hydrogen (secondary N) is 1. The third kappa shape index (κ3) is 8.65. The fourth-order valence-electron chi connectivity index (χ4n) is 3.65. The van der Waals surface area contributed by atoms with Crippen molar-refractivity contribution in [2.75, 3.05) is 23.7 Å². The number of hydrogen-bond donors (Lipinski definition) is 1. The highest BCUT2D eigenvalue weighted by molar-refractivity contribution is 9.10. The van der Waals surface area contributed by atoms with Gasteiger partial charge in [-0.15, -0.1) is 0 Å². The summed E-state index contributed by atoms with van der Waals surface area (Å²) in [5.41, 5.74) is 3.57. The van der Waals surface area contributed by atoms with Gasteiger partial charge in [0.05, 0.1) is 11.9 Å². The van der Waals surface area contributed by atoms with Crippen LogP contribution >= 0.6 is 15.9 Å². The number of nitrogens with zero attached hydrogens (tertiary/aromatic N) is 2. The highest BCUT2D eigenvalue weighted by Gasteiger charge is 2.26. The summed E-state index contributed by atoms with van der Waals surface area (Å²) in [4.78, 5) is 27.5. The minimum Gasteiger partial charge on any atom is -0.354 e. The fraction of sp³-hybridized carbons (Fsp3) is 0.462. The number of hydrogen-bond acceptors (Lipinski definition) is 4. The van der Waals surface area contributed by atoms with E-state index >= 15 is 0 Å². The average Bonchev–Trinajstić information content (AvgIpc) is 2.80. The molecule has 0 radical (unpaired) electrons. The van der Waals surface area contributed by atoms with E-state index < -0.39 is 16.1 Å². The Bertz CT molecular complexity index is 1120. The second-order valence-corrected chi connectivity index (χ2v) is 11.6. The molecule has 0 fully saturated rings. The zero-order valence-electron chi connectivity index (χ0n) is 21.2. The summed E-state index contributed by atoms with van der Waals surface area (Å²) in [6.07, 6.45) is 2.43. The van der Waals surface area contributed by atoms with Crippen LogP contribution in [0.5, 0.6) is 0 Å². The van der Waals surface area contributed by atoms with Crippen LogP contribution in [0, 0.1) is 13.8 Å². The van der Waals surface area contributed by atoms with Gasteiger partial charge in [0.2, 0.25) is 21.8 Å². The predicted octanol–water partition coefficient (Wildman–Crippen LogP) is 4.56. The molecular weight excluding hydrogens is 530 g/mol. The van der Waals surface area contributed by atoms with Gasteiger partial charge < -0.3 is 10.2 Å². The Kier molecular flexibility index (Phi) is 10.8. The molecule has 0 heterocycles. The van der Waals surface area contributed by atoms with Crippen molar-refractivity contribution in [2.24, 2.45) is 0 Å². The maximum Gasteiger partial charge on any atom is 0.242 e. The van der Waals surface area contributed by atoms with Crippen LogP contribution in [0.4, 0.5) is 5.69 Å². The lowest BCUT2D eigenvalue weighted by Crippen LogP contribution is -2.47. The molecule has 1 unspecified atom stereocenters. The topological polar surface area (TPSA) is 86.8 Å². The first kappa shape index (κ1) is 28.8. The molecule has 2 aromatic rings. The van der Waals surface area contributed by atoms with E-state index in [2.05, 4.69) is 21.2 Å². The smallest absolute Gasteiger partial charge is 0.242 e. The van der Waals surface area contributed by atoms with Gasteiger partial charge in [0.25, 0.3) is 0 Å². The van der Waals surface area contributed by atoms with E-state index in [0.29, 0.717) is 25.2 Å². The SMILES string of the molecule is CCCNC(=O)C(C)N(Cc1ccc(Br)cc1)C(=O)CCCN(c1ccc(C)c(C)c1)S(C)(=O)=O. The van der Waals surface area contributed by atoms with Crippen molar-refractivity contribution in [1.82, 2.24) is 10.2 Å². The first-order valence-electron chi connectivity index (χ1n) is 11.8. The van der Waals surface area contributed by atoms with Gasteiger partial charge in [-0.2, -0.15) is 0 Å². The van der Waals surface area contributed by atoms with Gasteiger partial charge in [0, 0.05) is 30.5 Å². The summed E-state index contributed by atoms with van der Waals surface area (Å²) in [6.45, 7) is 8.62. The van der Waals surface area contributed by atoms with Gasteiger partial charge in [0.15, 0.2) is 0 Å². The number of carbonyl (C=O) groups excluding carboxylic acids is 2. The molecule has 2 amide bonds. The molecule has 9 heteroatoms. The average molecular weight is 567 g/mol. The van der Waals surface area contributed by atoms with Crippen molar-refractivity contribution in [3.8, 4) is 0 Å². The van der Waals surface area contributed by atoms with Crippen molar-refractivity contribution in [3.63, 3.8) is 0 Å². The number of amides is 2. The minimum absolute atomic E-state index is 0.124. The molecule has 192 valence electrons. The Morgan fingerprint density at radius 2 is 1.71 bits per heavy atom. The van der Waals surface area contributed by atoms with Gasteiger partial charge in [-0.1, -0.05) is 41.1 Å². The van der Waals surface area contributed by atoms with Crippen molar-refractivity contribution >= 4 is 43.5 Å². The van der Waals surface area contributed by atoms with Crippen LogP contribution in [-0.4, -0.2) is 50.5 Å². The lowest BCUT2D eigenvalue weighted by molar-refractivity contribution is -0.140. The molecule has 1 atom stereocenters. The molecule has 0 saturated heterocycles. The summed E-state index contributed by atoms with van der Waals surface area (Å²) < 4.78 is 27.2. The Hall–Kier alpha value is -2.39. The monoisotopic (exact) mass is 565 g/mol. The van der Waals surface area contributed by atoms with E-state index in [9.17, 15) is 18.0 Å². The van der Waals surface area contributed by atoms with Crippen molar-refractivity contribution in [2.45, 2.75) is 59.5 Å². The summed E-state index contributed by atoms with van der Waals surface area (Å²) in [5.74, 6) is -0.397. The number of aryl methyl sites for hydroxylation is 2. The number of carbonyl (C=O) groups is 2. The third-order valence-corrected chi connectivity index (χ3v) is 7.64. The fourth-order valence-corrected chi connectivity index (χ4v) is 4.87. The molecule has 0 aliphatic heterocycles. The van der Waals surface area contributed by atoms with Crippen molar-refractivity contribution < 1.29 is 18.0 Å². The maximum absolute atomic E-state index is 13.3. The van der Waals surface area contributed by atoms with E-state index in [1.54, 1.807) is 17.9 Å². The standard InChI is InChI=1S/C26H36BrN3O4S/c1-6-15-28-26(32)21(4)29(18-22-10-12-23(27)13-11-22)25(31)8-7-16-30(35(5,33)34)24-14-9-19(2)20(3)17-24/h9-14,17,21H,6-8,15-16,18H2,1-5H3,(H,28,32). The van der Waals surface area contributed by atoms with E-state index in [-0.39, 0.29) is 24.8 Å². The normalized spacial score (nSPS) is 12.2. The largest absolute Gasteiger partial charge is 0.354 e. The van der Waals surface area contributed by atoms with Crippen LogP contribution in [0.3, 0.4) is 0 Å². The van der Waals surface area contributed by atoms with E-state index in [0.717, 1.165) is 27.6 Å². The molecule has 2 rings (SSSR count). The van der Waals surface area contributed by atoms with Crippen molar-refractivity contribution in [3.05, 3.63) is 63.6 Å². The molecule has 0 aromatic heterocycles. The molecule has 1 N–H and O–H groups in total. The number of halogens is 1. The van der Waals surface area contributed by atoms with Crippen LogP contribution in [0.2, 0.25) is 0 Å². The summed E-state index contributed by atoms with van der Waals surface area (Å²) >= 11 is 3.41. The quantitative estimate of drug-likeness (QED) is 0.408. The van der Waals surface area contributed by atoms with Crippen LogP contribution in [0.1, 0.15) is 49.8 Å². The van der Waals surface area contributed by atoms with Gasteiger partial charge in [-0.05, 0) is 74.6 Å². The molecule has 0 spiro atoms. The van der Waals surface area contributed by atoms with Crippen LogP contribution < -0.4 is 9.62 Å². The predicted molar refractivity (Wildman–Crippen MR) is 145 cm³/mol. The lowest BCUT2D eigenvalue weighted by atomic mass is 10.1. The summed E-state index contributed by atoms with van der Waals surface area (Å²) in [5, 5.41) is 2.86. The molecular formula is C26H36BrN3O4S. The second-order valence-electron chi connectivity index (χ2n) is 8.82. The highest BCUT2D eigenvalue weighted by Crippen LogP contribution is 2.22. The summed E-state index contributed by atoms with van der Waals surface area (Å²) in [7, 11) is -3.52. The first-order chi connectivity index (χ1) is 16.4. The molecule has 35 heavy (non-hydrogen) atoms. The van der Waals surface area contributed by atoms with Crippen LogP contribution in [0.15, 0.2) is 46.9 Å². The zero-order chi connectivity index (χ0) is 26.2. The van der Waals surface area contributed by atoms with Gasteiger partial charge in [-0.3, -0.25) is 13.9 Å². The Balaban J connectivity index is 2.16. The van der Waals surface area contributed by atoms with Gasteiger partial charge in [-0.25, -0.2) is 8.42 Å². The maximum atomic E-state index is 13.3. The molecule has 2 aromatic carbocycles. The Morgan fingerprint density at radius 1 is 1.06 bits per heavy atom. The molecule has 0 saturated carbocycles. The van der Waals surface area contributed by atoms with Gasteiger partial charge >= 0.3 is 0 Å². The van der Waals surface area contributed by atoms with E-state index in [4.69, 9.17) is 0 Å². The van der Waals surface area contributed by atoms with Crippen molar-refractivity contribution in [1.29, 1.82) is 0 Å². The number of rotatable bonds is 12. The number of benzene rings is 2. The molecule has 0 aliphatic rings. The van der Waals surface area contributed by atoms with Gasteiger partial charge in [0.1, 0.15) is 6.04 Å². The highest BCUT2D eigenvalue weighted by atomic mass is 79.9. The lowest BCUT2D eigenvalue weighted by Gasteiger charge is -2.29. The Labute approximate surface area is 218 Å². The minimum atomic E-state index is -3.52. The molecule has 7 nitrogen and oxygen atoms in total. The Morgan fingerprint density at radius 3 is 2.29 bits per heavy atom. The third-order valence-electron chi connectivity index (χ3n) is 5.91. The van der Waals surface area contributed by atoms with E-state index in [1.165, 1.54) is 10.6 Å². The molecule has 0 bridgehead atoms. The molecule has 0 aliphatic carbocycles. The van der Waals surface area contributed by atoms with E-state index in [1.807, 2.05) is 57.2 Å². The second kappa shape index (κ2) is 13.1. The van der Waals surface area contributed by atoms with Crippen LogP contribution in [0.25, 0.3) is 0 Å².